The van der Waals surface area contributed by atoms with Crippen molar-refractivity contribution >= 4 is 56.1 Å². The third-order valence-corrected chi connectivity index (χ3v) is 5.11. The van der Waals surface area contributed by atoms with Crippen molar-refractivity contribution in [3.8, 4) is 11.5 Å². The number of phenolic OH excluding ortho intramolecular Hbond substituents is 2. The van der Waals surface area contributed by atoms with Gasteiger partial charge >= 0.3 is 0 Å². The molecular weight excluding hydrogens is 544 g/mol. The fourth-order valence-corrected chi connectivity index (χ4v) is 3.24. The van der Waals surface area contributed by atoms with Crippen LogP contribution in [0.25, 0.3) is 0 Å². The molecule has 0 aliphatic rings. The minimum Gasteiger partial charge on any atom is -0.507 e. The van der Waals surface area contributed by atoms with Crippen LogP contribution in [0.1, 0.15) is 31.8 Å². The Hall–Kier alpha value is -3.50. The quantitative estimate of drug-likeness (QED) is 0.267. The van der Waals surface area contributed by atoms with E-state index in [9.17, 15) is 19.8 Å². The summed E-state index contributed by atoms with van der Waals surface area (Å²) in [5, 5.41) is 27.2. The molecule has 162 valence electrons. The van der Waals surface area contributed by atoms with Crippen LogP contribution in [0.15, 0.2) is 79.8 Å². The molecule has 0 radical (unpaired) electrons. The predicted molar refractivity (Wildman–Crippen MR) is 128 cm³/mol. The number of hydrogen-bond acceptors (Lipinski definition) is 6. The van der Waals surface area contributed by atoms with Gasteiger partial charge in [-0.1, -0.05) is 31.9 Å². The van der Waals surface area contributed by atoms with Gasteiger partial charge in [0.25, 0.3) is 11.8 Å². The Morgan fingerprint density at radius 3 is 1.44 bits per heavy atom. The smallest absolute Gasteiger partial charge is 0.271 e. The normalized spacial score (nSPS) is 11.1. The van der Waals surface area contributed by atoms with Gasteiger partial charge in [-0.3, -0.25) is 9.59 Å². The number of hydrazone groups is 2. The molecule has 8 nitrogen and oxygen atoms in total. The molecule has 3 aromatic rings. The van der Waals surface area contributed by atoms with E-state index in [1.165, 1.54) is 48.8 Å². The number of nitrogens with one attached hydrogen (secondary N) is 2. The van der Waals surface area contributed by atoms with Crippen LogP contribution in [0.2, 0.25) is 0 Å². The van der Waals surface area contributed by atoms with Gasteiger partial charge in [-0.15, -0.1) is 0 Å². The van der Waals surface area contributed by atoms with E-state index in [0.717, 1.165) is 8.95 Å². The average molecular weight is 560 g/mol. The van der Waals surface area contributed by atoms with Crippen molar-refractivity contribution in [3.05, 3.63) is 91.9 Å². The Kier molecular flexibility index (Phi) is 7.74. The van der Waals surface area contributed by atoms with Crippen molar-refractivity contribution in [3.63, 3.8) is 0 Å². The summed E-state index contributed by atoms with van der Waals surface area (Å²) in [6.07, 6.45) is 2.64. The van der Waals surface area contributed by atoms with Crippen LogP contribution in [0, 0.1) is 0 Å². The van der Waals surface area contributed by atoms with Crippen LogP contribution in [0.4, 0.5) is 0 Å². The van der Waals surface area contributed by atoms with Crippen LogP contribution >= 0.6 is 31.9 Å². The molecule has 0 atom stereocenters. The van der Waals surface area contributed by atoms with Crippen LogP contribution < -0.4 is 10.9 Å². The van der Waals surface area contributed by atoms with Crippen molar-refractivity contribution in [2.24, 2.45) is 10.2 Å². The van der Waals surface area contributed by atoms with E-state index in [2.05, 4.69) is 52.9 Å². The van der Waals surface area contributed by atoms with Gasteiger partial charge in [0.2, 0.25) is 0 Å². The van der Waals surface area contributed by atoms with Gasteiger partial charge in [-0.2, -0.15) is 10.2 Å². The largest absolute Gasteiger partial charge is 0.507 e. The van der Waals surface area contributed by atoms with E-state index in [1.54, 1.807) is 24.3 Å². The first-order valence-corrected chi connectivity index (χ1v) is 10.7. The molecule has 10 heteroatoms. The van der Waals surface area contributed by atoms with E-state index in [-0.39, 0.29) is 11.5 Å². The molecule has 32 heavy (non-hydrogen) atoms. The summed E-state index contributed by atoms with van der Waals surface area (Å²) in [6, 6.07) is 15.6. The van der Waals surface area contributed by atoms with Crippen LogP contribution in [0.5, 0.6) is 11.5 Å². The molecule has 0 bridgehead atoms. The lowest BCUT2D eigenvalue weighted by Gasteiger charge is -2.03. The second-order valence-corrected chi connectivity index (χ2v) is 8.21. The maximum Gasteiger partial charge on any atom is 0.271 e. The molecule has 4 N–H and O–H groups in total. The number of aromatic hydroxyl groups is 2. The topological polar surface area (TPSA) is 123 Å². The molecule has 0 aliphatic carbocycles. The van der Waals surface area contributed by atoms with Crippen molar-refractivity contribution in [2.75, 3.05) is 0 Å². The summed E-state index contributed by atoms with van der Waals surface area (Å²) in [5.41, 5.74) is 6.17. The first-order chi connectivity index (χ1) is 15.3. The number of phenols is 2. The Bertz CT molecular complexity index is 1120. The molecule has 0 unspecified atom stereocenters. The van der Waals surface area contributed by atoms with E-state index in [0.29, 0.717) is 22.3 Å². The summed E-state index contributed by atoms with van der Waals surface area (Å²) in [4.78, 5) is 24.4. The summed E-state index contributed by atoms with van der Waals surface area (Å²) in [6.45, 7) is 0. The number of benzene rings is 3. The standard InChI is InChI=1S/C22H16Br2N4O4/c23-17-5-7-19(29)15(9-17)11-25-27-21(31)13-1-2-14(4-3-13)22(32)28-26-12-16-10-18(24)6-8-20(16)30/h1-12,29-30H,(H,27,31)(H,28,32). The maximum atomic E-state index is 12.2. The zero-order chi connectivity index (χ0) is 23.1. The summed E-state index contributed by atoms with van der Waals surface area (Å²) in [5.74, 6) is -0.907. The first kappa shape index (κ1) is 23.2. The molecule has 3 aromatic carbocycles. The van der Waals surface area contributed by atoms with Gasteiger partial charge in [0.1, 0.15) is 11.5 Å². The van der Waals surface area contributed by atoms with E-state index >= 15 is 0 Å². The number of rotatable bonds is 6. The number of nitrogens with zero attached hydrogens (tertiary/aromatic N) is 2. The fourth-order valence-electron chi connectivity index (χ4n) is 2.48. The molecule has 0 spiro atoms. The average Bonchev–Trinajstić information content (AvgIpc) is 2.78. The number of halogens is 2. The Balaban J connectivity index is 1.57. The van der Waals surface area contributed by atoms with Gasteiger partial charge < -0.3 is 10.2 Å². The van der Waals surface area contributed by atoms with Crippen LogP contribution in [0.3, 0.4) is 0 Å². The highest BCUT2D eigenvalue weighted by atomic mass is 79.9. The lowest BCUT2D eigenvalue weighted by atomic mass is 10.1. The molecule has 3 rings (SSSR count). The summed E-state index contributed by atoms with van der Waals surface area (Å²) >= 11 is 6.58. The third kappa shape index (κ3) is 6.25. The molecule has 0 saturated heterocycles. The monoisotopic (exact) mass is 558 g/mol. The Morgan fingerprint density at radius 1 is 0.688 bits per heavy atom. The van der Waals surface area contributed by atoms with Gasteiger partial charge in [0.05, 0.1) is 12.4 Å². The molecule has 0 saturated carbocycles. The zero-order valence-corrected chi connectivity index (χ0v) is 19.5. The van der Waals surface area contributed by atoms with Crippen molar-refractivity contribution < 1.29 is 19.8 Å². The maximum absolute atomic E-state index is 12.2. The molecule has 0 aromatic heterocycles. The predicted octanol–water partition coefficient (Wildman–Crippen LogP) is 4.15. The van der Waals surface area contributed by atoms with Crippen molar-refractivity contribution in [1.29, 1.82) is 0 Å². The fraction of sp³-hybridized carbons (Fsp3) is 0. The Labute approximate surface area is 199 Å². The van der Waals surface area contributed by atoms with Gasteiger partial charge in [0.15, 0.2) is 0 Å². The van der Waals surface area contributed by atoms with Crippen molar-refractivity contribution in [1.82, 2.24) is 10.9 Å². The zero-order valence-electron chi connectivity index (χ0n) is 16.3. The first-order valence-electron chi connectivity index (χ1n) is 9.07. The van der Waals surface area contributed by atoms with Gasteiger partial charge in [-0.25, -0.2) is 10.9 Å². The number of carbonyl (C=O) groups excluding carboxylic acids is 2. The molecule has 0 aliphatic heterocycles. The van der Waals surface area contributed by atoms with E-state index in [1.807, 2.05) is 0 Å². The Morgan fingerprint density at radius 2 is 1.06 bits per heavy atom. The molecule has 0 fully saturated rings. The number of hydrogen-bond donors (Lipinski definition) is 4. The summed E-state index contributed by atoms with van der Waals surface area (Å²) < 4.78 is 1.52. The van der Waals surface area contributed by atoms with E-state index < -0.39 is 11.8 Å². The summed E-state index contributed by atoms with van der Waals surface area (Å²) in [7, 11) is 0. The highest BCUT2D eigenvalue weighted by molar-refractivity contribution is 9.10. The highest BCUT2D eigenvalue weighted by Gasteiger charge is 2.08. The molecule has 0 heterocycles. The number of amides is 2. The van der Waals surface area contributed by atoms with Crippen LogP contribution in [-0.2, 0) is 0 Å². The van der Waals surface area contributed by atoms with Crippen LogP contribution in [-0.4, -0.2) is 34.5 Å². The highest BCUT2D eigenvalue weighted by Crippen LogP contribution is 2.20. The minimum atomic E-state index is -0.481. The van der Waals surface area contributed by atoms with Gasteiger partial charge in [0, 0.05) is 31.2 Å². The SMILES string of the molecule is O=C(NN=Cc1cc(Br)ccc1O)c1ccc(C(=O)NN=Cc2cc(Br)ccc2O)cc1. The second-order valence-electron chi connectivity index (χ2n) is 6.38. The number of carbonyl (C=O) groups is 2. The second kappa shape index (κ2) is 10.7. The van der Waals surface area contributed by atoms with E-state index in [4.69, 9.17) is 0 Å². The lowest BCUT2D eigenvalue weighted by molar-refractivity contribution is 0.0943. The van der Waals surface area contributed by atoms with Crippen molar-refractivity contribution in [2.45, 2.75) is 0 Å². The van der Waals surface area contributed by atoms with Gasteiger partial charge in [-0.05, 0) is 60.7 Å². The lowest BCUT2D eigenvalue weighted by Crippen LogP contribution is -2.19. The molecular formula is C22H16Br2N4O4. The minimum absolute atomic E-state index is 0.0272. The third-order valence-electron chi connectivity index (χ3n) is 4.13. The molecule has 2 amide bonds.